The fourth-order valence-electron chi connectivity index (χ4n) is 4.30. The van der Waals surface area contributed by atoms with Crippen LogP contribution in [0.2, 0.25) is 0 Å². The summed E-state index contributed by atoms with van der Waals surface area (Å²) in [5.74, 6) is -0.524. The Morgan fingerprint density at radius 3 is 2.33 bits per heavy atom. The third-order valence-electron chi connectivity index (χ3n) is 6.07. The summed E-state index contributed by atoms with van der Waals surface area (Å²) in [4.78, 5) is 17.7. The quantitative estimate of drug-likeness (QED) is 0.299. The number of alkyl halides is 2. The van der Waals surface area contributed by atoms with Crippen LogP contribution in [-0.4, -0.2) is 31.8 Å². The smallest absolute Gasteiger partial charge is 0.320 e. The van der Waals surface area contributed by atoms with Crippen LogP contribution in [0, 0.1) is 0 Å². The van der Waals surface area contributed by atoms with E-state index in [0.29, 0.717) is 28.8 Å². The van der Waals surface area contributed by atoms with E-state index in [1.807, 2.05) is 60.7 Å². The highest BCUT2D eigenvalue weighted by atomic mass is 19.3. The summed E-state index contributed by atoms with van der Waals surface area (Å²) in [7, 11) is 0. The lowest BCUT2D eigenvalue weighted by molar-refractivity contribution is 0.0704. The molecule has 2 heterocycles. The molecule has 8 heteroatoms. The average Bonchev–Trinajstić information content (AvgIpc) is 3.50. The number of carbonyl (C=O) groups excluding carboxylic acids is 1. The second-order valence-corrected chi connectivity index (χ2v) is 8.66. The molecule has 0 unspecified atom stereocenters. The molecule has 0 saturated heterocycles. The van der Waals surface area contributed by atoms with Crippen molar-refractivity contribution < 1.29 is 13.6 Å². The molecule has 0 saturated carbocycles. The summed E-state index contributed by atoms with van der Waals surface area (Å²) < 4.78 is 30.4. The molecule has 0 spiro atoms. The third kappa shape index (κ3) is 4.75. The monoisotopic (exact) mass is 485 g/mol. The van der Waals surface area contributed by atoms with E-state index in [2.05, 4.69) is 15.4 Å². The van der Waals surface area contributed by atoms with Gasteiger partial charge in [0.2, 0.25) is 0 Å². The van der Waals surface area contributed by atoms with Crippen LogP contribution >= 0.6 is 0 Å². The molecule has 5 rings (SSSR count). The Bertz CT molecular complexity index is 1480. The zero-order chi connectivity index (χ0) is 25.1. The fourth-order valence-corrected chi connectivity index (χ4v) is 4.30. The highest BCUT2D eigenvalue weighted by molar-refractivity contribution is 5.99. The maximum Gasteiger partial charge on any atom is 0.320 e. The van der Waals surface area contributed by atoms with Crippen molar-refractivity contribution in [1.82, 2.24) is 24.6 Å². The topological polar surface area (TPSA) is 64.7 Å². The Morgan fingerprint density at radius 2 is 1.61 bits per heavy atom. The number of halogens is 2. The predicted octanol–water partition coefficient (Wildman–Crippen LogP) is 5.88. The molecular weight excluding hydrogens is 460 g/mol. The van der Waals surface area contributed by atoms with Gasteiger partial charge < -0.3 is 5.32 Å². The molecule has 1 atom stereocenters. The van der Waals surface area contributed by atoms with Gasteiger partial charge in [0.05, 0.1) is 23.1 Å². The maximum absolute atomic E-state index is 13.9. The van der Waals surface area contributed by atoms with Crippen molar-refractivity contribution >= 4 is 16.9 Å². The first-order valence-corrected chi connectivity index (χ1v) is 11.7. The van der Waals surface area contributed by atoms with E-state index in [1.54, 1.807) is 42.1 Å². The Hall–Kier alpha value is -4.33. The minimum absolute atomic E-state index is 0.146. The average molecular weight is 486 g/mol. The second-order valence-electron chi connectivity index (χ2n) is 8.66. The van der Waals surface area contributed by atoms with E-state index >= 15 is 0 Å². The van der Waals surface area contributed by atoms with Crippen LogP contribution in [-0.2, 0) is 6.54 Å². The van der Waals surface area contributed by atoms with Crippen molar-refractivity contribution in [2.45, 2.75) is 25.9 Å². The number of fused-ring (bicyclic) bond motifs is 1. The highest BCUT2D eigenvalue weighted by Gasteiger charge is 2.23. The normalized spacial score (nSPS) is 12.2. The number of carbonyl (C=O) groups is 1. The van der Waals surface area contributed by atoms with Crippen LogP contribution < -0.4 is 5.32 Å². The number of aromatic nitrogens is 4. The molecule has 0 fully saturated rings. The number of amides is 1. The molecule has 0 aliphatic carbocycles. The van der Waals surface area contributed by atoms with Crippen LogP contribution in [0.4, 0.5) is 8.78 Å². The summed E-state index contributed by atoms with van der Waals surface area (Å²) in [6, 6.07) is 26.2. The van der Waals surface area contributed by atoms with Gasteiger partial charge in [0.1, 0.15) is 11.5 Å². The van der Waals surface area contributed by atoms with E-state index in [-0.39, 0.29) is 18.3 Å². The molecule has 5 aromatic rings. The summed E-state index contributed by atoms with van der Waals surface area (Å²) in [5, 5.41) is 7.59. The van der Waals surface area contributed by atoms with Crippen molar-refractivity contribution in [1.29, 1.82) is 0 Å². The summed E-state index contributed by atoms with van der Waals surface area (Å²) in [6.45, 7) is -0.293. The lowest BCUT2D eigenvalue weighted by atomic mass is 10.1. The number of nitrogens with one attached hydrogen (secondary N) is 1. The van der Waals surface area contributed by atoms with Gasteiger partial charge in [-0.1, -0.05) is 79.7 Å². The van der Waals surface area contributed by atoms with Crippen molar-refractivity contribution in [3.8, 4) is 11.3 Å². The van der Waals surface area contributed by atoms with E-state index in [4.69, 9.17) is 0 Å². The predicted molar refractivity (Wildman–Crippen MR) is 135 cm³/mol. The van der Waals surface area contributed by atoms with E-state index in [1.165, 1.54) is 0 Å². The largest absolute Gasteiger partial charge is 0.351 e. The summed E-state index contributed by atoms with van der Waals surface area (Å²) in [5.41, 5.74) is 3.74. The number of rotatable bonds is 8. The van der Waals surface area contributed by atoms with Crippen molar-refractivity contribution in [3.63, 3.8) is 0 Å². The van der Waals surface area contributed by atoms with Crippen LogP contribution in [0.1, 0.15) is 41.1 Å². The van der Waals surface area contributed by atoms with Crippen molar-refractivity contribution in [3.05, 3.63) is 108 Å². The van der Waals surface area contributed by atoms with Crippen LogP contribution in [0.3, 0.4) is 0 Å². The molecule has 36 heavy (non-hydrogen) atoms. The third-order valence-corrected chi connectivity index (χ3v) is 6.07. The van der Waals surface area contributed by atoms with E-state index < -0.39 is 12.5 Å². The van der Waals surface area contributed by atoms with Gasteiger partial charge in [-0.3, -0.25) is 14.0 Å². The standard InChI is InChI=1S/C28H25F2N5O/c1-19(26-32-23-14-8-9-15-24(23)35(26)28(29)30)16-31-27(36)22-18-34(17-20-10-4-2-5-11-20)33-25(22)21-12-6-3-7-13-21/h2-15,18-19,28H,16-17H2,1H3,(H,31,36)/t19-/m0/s1. The fraction of sp³-hybridized carbons (Fsp3) is 0.179. The molecule has 182 valence electrons. The van der Waals surface area contributed by atoms with Gasteiger partial charge in [-0.15, -0.1) is 0 Å². The van der Waals surface area contributed by atoms with Crippen molar-refractivity contribution in [2.75, 3.05) is 6.54 Å². The minimum Gasteiger partial charge on any atom is -0.351 e. The first kappa shape index (κ1) is 23.4. The molecular formula is C28H25F2N5O. The number of hydrogen-bond acceptors (Lipinski definition) is 3. The highest BCUT2D eigenvalue weighted by Crippen LogP contribution is 2.28. The number of hydrogen-bond donors (Lipinski definition) is 1. The summed E-state index contributed by atoms with van der Waals surface area (Å²) in [6.07, 6.45) is 1.73. The number of para-hydroxylation sites is 2. The maximum atomic E-state index is 13.9. The van der Waals surface area contributed by atoms with Gasteiger partial charge in [0, 0.05) is 24.2 Å². The number of nitrogens with zero attached hydrogens (tertiary/aromatic N) is 4. The van der Waals surface area contributed by atoms with Crippen molar-refractivity contribution in [2.24, 2.45) is 0 Å². The summed E-state index contributed by atoms with van der Waals surface area (Å²) >= 11 is 0. The number of benzene rings is 3. The Kier molecular flexibility index (Phi) is 6.58. The molecule has 6 nitrogen and oxygen atoms in total. The minimum atomic E-state index is -2.73. The van der Waals surface area contributed by atoms with Crippen LogP contribution in [0.5, 0.6) is 0 Å². The lowest BCUT2D eigenvalue weighted by Crippen LogP contribution is -2.29. The molecule has 1 N–H and O–H groups in total. The molecule has 0 bridgehead atoms. The Morgan fingerprint density at radius 1 is 0.944 bits per heavy atom. The van der Waals surface area contributed by atoms with Crippen LogP contribution in [0.15, 0.2) is 91.1 Å². The molecule has 2 aromatic heterocycles. The Labute approximate surface area is 207 Å². The van der Waals surface area contributed by atoms with E-state index in [9.17, 15) is 13.6 Å². The zero-order valence-corrected chi connectivity index (χ0v) is 19.7. The molecule has 0 radical (unpaired) electrons. The van der Waals surface area contributed by atoms with Crippen LogP contribution in [0.25, 0.3) is 22.3 Å². The van der Waals surface area contributed by atoms with Gasteiger partial charge >= 0.3 is 6.55 Å². The molecule has 3 aromatic carbocycles. The van der Waals surface area contributed by atoms with E-state index in [0.717, 1.165) is 15.7 Å². The zero-order valence-electron chi connectivity index (χ0n) is 19.7. The molecule has 1 amide bonds. The molecule has 0 aliphatic rings. The van der Waals surface area contributed by atoms with Gasteiger partial charge in [0.25, 0.3) is 5.91 Å². The van der Waals surface area contributed by atoms with Gasteiger partial charge in [0.15, 0.2) is 0 Å². The number of imidazole rings is 1. The second kappa shape index (κ2) is 10.1. The first-order valence-electron chi connectivity index (χ1n) is 11.7. The Balaban J connectivity index is 1.39. The first-order chi connectivity index (χ1) is 17.5. The molecule has 0 aliphatic heterocycles. The van der Waals surface area contributed by atoms with Gasteiger partial charge in [-0.05, 0) is 17.7 Å². The van der Waals surface area contributed by atoms with Gasteiger partial charge in [-0.2, -0.15) is 13.9 Å². The lowest BCUT2D eigenvalue weighted by Gasteiger charge is -2.15. The SMILES string of the molecule is C[C@@H](CNC(=O)c1cn(Cc2ccccc2)nc1-c1ccccc1)c1nc2ccccc2n1C(F)F. The van der Waals surface area contributed by atoms with Gasteiger partial charge in [-0.25, -0.2) is 4.98 Å².